The average Bonchev–Trinajstić information content (AvgIpc) is 2.77. The number of aryl methyl sites for hydroxylation is 1. The minimum Gasteiger partial charge on any atom is -0.494 e. The predicted molar refractivity (Wildman–Crippen MR) is 77.0 cm³/mol. The van der Waals surface area contributed by atoms with Gasteiger partial charge in [0.15, 0.2) is 0 Å². The third-order valence-electron chi connectivity index (χ3n) is 2.85. The van der Waals surface area contributed by atoms with Gasteiger partial charge in [0.1, 0.15) is 5.75 Å². The van der Waals surface area contributed by atoms with E-state index in [1.54, 1.807) is 42.2 Å². The summed E-state index contributed by atoms with van der Waals surface area (Å²) in [4.78, 5) is 12.0. The molecule has 1 N–H and O–H groups in total. The van der Waals surface area contributed by atoms with Crippen molar-refractivity contribution in [3.05, 3.63) is 46.7 Å². The van der Waals surface area contributed by atoms with Crippen LogP contribution in [0.15, 0.2) is 30.5 Å². The molecule has 0 radical (unpaired) electrons. The second kappa shape index (κ2) is 6.43. The molecule has 1 heterocycles. The van der Waals surface area contributed by atoms with E-state index in [4.69, 9.17) is 16.3 Å². The van der Waals surface area contributed by atoms with E-state index in [0.717, 1.165) is 11.4 Å². The van der Waals surface area contributed by atoms with Crippen molar-refractivity contribution in [2.24, 2.45) is 7.05 Å². The second-order valence-corrected chi connectivity index (χ2v) is 4.61. The summed E-state index contributed by atoms with van der Waals surface area (Å²) >= 11 is 5.98. The molecule has 2 rings (SSSR count). The molecule has 1 amide bonds. The quantitative estimate of drug-likeness (QED) is 0.921. The minimum absolute atomic E-state index is 0.162. The van der Waals surface area contributed by atoms with Crippen LogP contribution in [0.5, 0.6) is 5.75 Å². The maximum absolute atomic E-state index is 12.0. The summed E-state index contributed by atoms with van der Waals surface area (Å²) in [5, 5.41) is 7.37. The van der Waals surface area contributed by atoms with Crippen LogP contribution in [-0.2, 0) is 13.6 Å². The highest BCUT2D eigenvalue weighted by Crippen LogP contribution is 2.15. The van der Waals surface area contributed by atoms with E-state index in [-0.39, 0.29) is 5.91 Å². The molecular formula is C14H16ClN3O2. The molecule has 0 saturated heterocycles. The Morgan fingerprint density at radius 2 is 2.10 bits per heavy atom. The fraction of sp³-hybridized carbons (Fsp3) is 0.286. The Kier molecular flexibility index (Phi) is 4.63. The van der Waals surface area contributed by atoms with Crippen molar-refractivity contribution in [2.75, 3.05) is 6.61 Å². The number of hydrogen-bond acceptors (Lipinski definition) is 3. The number of amides is 1. The molecule has 0 aliphatic carbocycles. The Balaban J connectivity index is 1.98. The zero-order chi connectivity index (χ0) is 14.5. The Labute approximate surface area is 122 Å². The van der Waals surface area contributed by atoms with Gasteiger partial charge in [-0.25, -0.2) is 0 Å². The standard InChI is InChI=1S/C14H16ClN3O2/c1-3-20-11-6-4-10(5-7-11)14(19)16-9-13-12(15)8-17-18(13)2/h4-8H,3,9H2,1-2H3,(H,16,19). The molecule has 0 unspecified atom stereocenters. The lowest BCUT2D eigenvalue weighted by Crippen LogP contribution is -2.24. The molecule has 0 saturated carbocycles. The average molecular weight is 294 g/mol. The molecule has 20 heavy (non-hydrogen) atoms. The lowest BCUT2D eigenvalue weighted by Gasteiger charge is -2.07. The molecular weight excluding hydrogens is 278 g/mol. The molecule has 0 fully saturated rings. The zero-order valence-electron chi connectivity index (χ0n) is 11.4. The molecule has 5 nitrogen and oxygen atoms in total. The summed E-state index contributed by atoms with van der Waals surface area (Å²) < 4.78 is 6.97. The highest BCUT2D eigenvalue weighted by Gasteiger charge is 2.10. The van der Waals surface area contributed by atoms with E-state index in [0.29, 0.717) is 23.7 Å². The smallest absolute Gasteiger partial charge is 0.251 e. The van der Waals surface area contributed by atoms with Gasteiger partial charge >= 0.3 is 0 Å². The summed E-state index contributed by atoms with van der Waals surface area (Å²) in [6.07, 6.45) is 1.56. The SMILES string of the molecule is CCOc1ccc(C(=O)NCc2c(Cl)cnn2C)cc1. The Morgan fingerprint density at radius 3 is 2.65 bits per heavy atom. The van der Waals surface area contributed by atoms with Gasteiger partial charge in [-0.2, -0.15) is 5.10 Å². The van der Waals surface area contributed by atoms with E-state index in [1.807, 2.05) is 6.92 Å². The first kappa shape index (κ1) is 14.4. The van der Waals surface area contributed by atoms with Crippen molar-refractivity contribution in [1.29, 1.82) is 0 Å². The van der Waals surface area contributed by atoms with Crippen LogP contribution in [-0.4, -0.2) is 22.3 Å². The third-order valence-corrected chi connectivity index (χ3v) is 3.17. The van der Waals surface area contributed by atoms with Gasteiger partial charge in [-0.15, -0.1) is 0 Å². The Hall–Kier alpha value is -2.01. The highest BCUT2D eigenvalue weighted by molar-refractivity contribution is 6.31. The van der Waals surface area contributed by atoms with Gasteiger partial charge < -0.3 is 10.1 Å². The fourth-order valence-electron chi connectivity index (χ4n) is 1.77. The molecule has 0 atom stereocenters. The van der Waals surface area contributed by atoms with Crippen LogP contribution in [0.4, 0.5) is 0 Å². The van der Waals surface area contributed by atoms with Crippen molar-refractivity contribution in [3.8, 4) is 5.75 Å². The second-order valence-electron chi connectivity index (χ2n) is 4.20. The van der Waals surface area contributed by atoms with Gasteiger partial charge in [-0.05, 0) is 31.2 Å². The molecule has 0 bridgehead atoms. The first-order valence-electron chi connectivity index (χ1n) is 6.29. The fourth-order valence-corrected chi connectivity index (χ4v) is 2.00. The lowest BCUT2D eigenvalue weighted by molar-refractivity contribution is 0.0950. The van der Waals surface area contributed by atoms with Crippen LogP contribution in [0, 0.1) is 0 Å². The Bertz CT molecular complexity index is 573. The van der Waals surface area contributed by atoms with Gasteiger partial charge in [0, 0.05) is 12.6 Å². The van der Waals surface area contributed by atoms with E-state index in [1.165, 1.54) is 0 Å². The maximum atomic E-state index is 12.0. The van der Waals surface area contributed by atoms with Crippen LogP contribution < -0.4 is 10.1 Å². The zero-order valence-corrected chi connectivity index (χ0v) is 12.1. The first-order chi connectivity index (χ1) is 9.61. The maximum Gasteiger partial charge on any atom is 0.251 e. The van der Waals surface area contributed by atoms with E-state index < -0.39 is 0 Å². The van der Waals surface area contributed by atoms with Gasteiger partial charge in [0.25, 0.3) is 5.91 Å². The van der Waals surface area contributed by atoms with Crippen molar-refractivity contribution in [3.63, 3.8) is 0 Å². The molecule has 0 spiro atoms. The summed E-state index contributed by atoms with van der Waals surface area (Å²) in [6, 6.07) is 7.00. The van der Waals surface area contributed by atoms with Gasteiger partial charge in [0.05, 0.1) is 30.1 Å². The van der Waals surface area contributed by atoms with E-state index >= 15 is 0 Å². The van der Waals surface area contributed by atoms with Gasteiger partial charge in [-0.1, -0.05) is 11.6 Å². The number of benzene rings is 1. The Morgan fingerprint density at radius 1 is 1.40 bits per heavy atom. The molecule has 1 aromatic heterocycles. The van der Waals surface area contributed by atoms with Crippen LogP contribution in [0.2, 0.25) is 5.02 Å². The number of carbonyl (C=O) groups excluding carboxylic acids is 1. The summed E-state index contributed by atoms with van der Waals surface area (Å²) in [5.41, 5.74) is 1.35. The minimum atomic E-state index is -0.162. The van der Waals surface area contributed by atoms with Crippen LogP contribution >= 0.6 is 11.6 Å². The monoisotopic (exact) mass is 293 g/mol. The largest absolute Gasteiger partial charge is 0.494 e. The molecule has 6 heteroatoms. The van der Waals surface area contributed by atoms with E-state index in [2.05, 4.69) is 10.4 Å². The molecule has 0 aliphatic heterocycles. The van der Waals surface area contributed by atoms with Crippen molar-refractivity contribution in [1.82, 2.24) is 15.1 Å². The highest BCUT2D eigenvalue weighted by atomic mass is 35.5. The predicted octanol–water partition coefficient (Wildman–Crippen LogP) is 2.40. The number of aromatic nitrogens is 2. The van der Waals surface area contributed by atoms with E-state index in [9.17, 15) is 4.79 Å². The number of nitrogens with one attached hydrogen (secondary N) is 1. The van der Waals surface area contributed by atoms with Crippen LogP contribution in [0.3, 0.4) is 0 Å². The number of ether oxygens (including phenoxy) is 1. The van der Waals surface area contributed by atoms with Crippen molar-refractivity contribution < 1.29 is 9.53 Å². The molecule has 0 aliphatic rings. The van der Waals surface area contributed by atoms with Gasteiger partial charge in [-0.3, -0.25) is 9.48 Å². The molecule has 1 aromatic carbocycles. The number of rotatable bonds is 5. The normalized spacial score (nSPS) is 10.3. The number of hydrogen-bond donors (Lipinski definition) is 1. The molecule has 106 valence electrons. The van der Waals surface area contributed by atoms with Crippen LogP contribution in [0.1, 0.15) is 23.0 Å². The van der Waals surface area contributed by atoms with Crippen LogP contribution in [0.25, 0.3) is 0 Å². The first-order valence-corrected chi connectivity index (χ1v) is 6.67. The summed E-state index contributed by atoms with van der Waals surface area (Å²) in [7, 11) is 1.78. The number of nitrogens with zero attached hydrogens (tertiary/aromatic N) is 2. The van der Waals surface area contributed by atoms with Crippen molar-refractivity contribution >= 4 is 17.5 Å². The van der Waals surface area contributed by atoms with Gasteiger partial charge in [0.2, 0.25) is 0 Å². The lowest BCUT2D eigenvalue weighted by atomic mass is 10.2. The summed E-state index contributed by atoms with van der Waals surface area (Å²) in [6.45, 7) is 2.85. The number of carbonyl (C=O) groups is 1. The summed E-state index contributed by atoms with van der Waals surface area (Å²) in [5.74, 6) is 0.587. The third kappa shape index (κ3) is 3.30. The van der Waals surface area contributed by atoms with Crippen molar-refractivity contribution in [2.45, 2.75) is 13.5 Å². The molecule has 2 aromatic rings. The number of halogens is 1. The topological polar surface area (TPSA) is 56.1 Å².